The smallest absolute Gasteiger partial charge is 0.143 e. The van der Waals surface area contributed by atoms with E-state index in [1.807, 2.05) is 13.1 Å². The predicted molar refractivity (Wildman–Crippen MR) is 82.6 cm³/mol. The number of nitrogens with zero attached hydrogens (tertiary/aromatic N) is 3. The van der Waals surface area contributed by atoms with E-state index in [0.717, 1.165) is 16.9 Å². The zero-order valence-corrected chi connectivity index (χ0v) is 12.6. The maximum Gasteiger partial charge on any atom is 0.143 e. The number of hydrogen-bond donors (Lipinski definition) is 0. The molecule has 0 aliphatic heterocycles. The normalized spacial score (nSPS) is 26.9. The fourth-order valence-corrected chi connectivity index (χ4v) is 3.42. The minimum atomic E-state index is 0.525. The third kappa shape index (κ3) is 2.26. The Hall–Kier alpha value is -1.64. The topological polar surface area (TPSA) is 30.7 Å². The van der Waals surface area contributed by atoms with E-state index >= 15 is 0 Å². The molecule has 0 bridgehead atoms. The molecule has 106 valence electrons. The number of rotatable bonds is 2. The van der Waals surface area contributed by atoms with E-state index in [2.05, 4.69) is 47.2 Å². The van der Waals surface area contributed by atoms with E-state index in [1.165, 1.54) is 24.8 Å². The van der Waals surface area contributed by atoms with Gasteiger partial charge in [0.1, 0.15) is 11.5 Å². The molecule has 0 amide bonds. The van der Waals surface area contributed by atoms with Crippen molar-refractivity contribution in [3.8, 4) is 0 Å². The Morgan fingerprint density at radius 3 is 2.95 bits per heavy atom. The highest BCUT2D eigenvalue weighted by atomic mass is 15.1. The molecule has 3 heteroatoms. The summed E-state index contributed by atoms with van der Waals surface area (Å²) in [5.41, 5.74) is 2.40. The minimum Gasteiger partial charge on any atom is -0.329 e. The Labute approximate surface area is 120 Å². The van der Waals surface area contributed by atoms with Crippen LogP contribution in [0.1, 0.15) is 45.0 Å². The number of aromatic nitrogens is 3. The van der Waals surface area contributed by atoms with Crippen molar-refractivity contribution in [2.45, 2.75) is 46.1 Å². The van der Waals surface area contributed by atoms with Gasteiger partial charge in [-0.1, -0.05) is 19.1 Å². The van der Waals surface area contributed by atoms with Crippen LogP contribution in [0.3, 0.4) is 0 Å². The molecular weight excluding hydrogens is 246 g/mol. The highest BCUT2D eigenvalue weighted by Crippen LogP contribution is 2.40. The van der Waals surface area contributed by atoms with Crippen molar-refractivity contribution in [2.75, 3.05) is 0 Å². The summed E-state index contributed by atoms with van der Waals surface area (Å²) in [6.07, 6.45) is 7.84. The number of fused-ring (bicyclic) bond motifs is 1. The van der Waals surface area contributed by atoms with Gasteiger partial charge in [0.05, 0.1) is 0 Å². The van der Waals surface area contributed by atoms with Crippen LogP contribution >= 0.6 is 0 Å². The van der Waals surface area contributed by atoms with Crippen molar-refractivity contribution < 1.29 is 0 Å². The van der Waals surface area contributed by atoms with E-state index in [1.54, 1.807) is 0 Å². The monoisotopic (exact) mass is 269 g/mol. The second-order valence-electron chi connectivity index (χ2n) is 6.32. The maximum atomic E-state index is 4.64. The van der Waals surface area contributed by atoms with Crippen LogP contribution in [-0.2, 0) is 0 Å². The Balaban J connectivity index is 2.00. The molecule has 0 spiro atoms. The largest absolute Gasteiger partial charge is 0.329 e. The van der Waals surface area contributed by atoms with Crippen LogP contribution in [0.25, 0.3) is 11.0 Å². The van der Waals surface area contributed by atoms with E-state index in [9.17, 15) is 0 Å². The lowest BCUT2D eigenvalue weighted by molar-refractivity contribution is 0.219. The highest BCUT2D eigenvalue weighted by Gasteiger charge is 2.30. The van der Waals surface area contributed by atoms with Gasteiger partial charge in [0.15, 0.2) is 0 Å². The molecule has 3 rings (SSSR count). The van der Waals surface area contributed by atoms with Crippen LogP contribution in [0.15, 0.2) is 30.6 Å². The predicted octanol–water partition coefficient (Wildman–Crippen LogP) is 4.29. The molecule has 1 fully saturated rings. The van der Waals surface area contributed by atoms with Crippen LogP contribution in [0.5, 0.6) is 0 Å². The molecule has 0 radical (unpaired) electrons. The first-order chi connectivity index (χ1) is 9.56. The number of aryl methyl sites for hydroxylation is 1. The Bertz CT molecular complexity index is 641. The molecule has 1 aliphatic carbocycles. The zero-order valence-electron chi connectivity index (χ0n) is 12.6. The Morgan fingerprint density at radius 1 is 1.40 bits per heavy atom. The molecule has 1 saturated carbocycles. The van der Waals surface area contributed by atoms with Crippen LogP contribution in [0, 0.1) is 18.8 Å². The van der Waals surface area contributed by atoms with Crippen molar-refractivity contribution >= 4 is 11.0 Å². The zero-order chi connectivity index (χ0) is 14.3. The van der Waals surface area contributed by atoms with Gasteiger partial charge in [-0.2, -0.15) is 0 Å². The summed E-state index contributed by atoms with van der Waals surface area (Å²) >= 11 is 0. The van der Waals surface area contributed by atoms with E-state index in [0.29, 0.717) is 17.9 Å². The molecule has 0 N–H and O–H groups in total. The molecule has 3 atom stereocenters. The van der Waals surface area contributed by atoms with Gasteiger partial charge in [-0.05, 0) is 51.0 Å². The van der Waals surface area contributed by atoms with Gasteiger partial charge in [0.25, 0.3) is 0 Å². The summed E-state index contributed by atoms with van der Waals surface area (Å²) in [6.45, 7) is 10.6. The molecule has 1 aliphatic rings. The summed E-state index contributed by atoms with van der Waals surface area (Å²) in [4.78, 5) is 8.93. The standard InChI is InChI=1S/C17H23N3/c1-11(2)14-6-5-12(3)16(9-14)20-8-7-15-10-18-13(4)19-17(15)20/h7-8,10,12,14,16H,1,5-6,9H2,2-4H3/t12?,14-,16?/m0/s1. The van der Waals surface area contributed by atoms with Crippen molar-refractivity contribution in [3.05, 3.63) is 36.4 Å². The van der Waals surface area contributed by atoms with E-state index < -0.39 is 0 Å². The van der Waals surface area contributed by atoms with Gasteiger partial charge >= 0.3 is 0 Å². The summed E-state index contributed by atoms with van der Waals surface area (Å²) in [5.74, 6) is 2.19. The van der Waals surface area contributed by atoms with Crippen LogP contribution < -0.4 is 0 Å². The van der Waals surface area contributed by atoms with Gasteiger partial charge in [-0.15, -0.1) is 0 Å². The molecule has 0 aromatic carbocycles. The van der Waals surface area contributed by atoms with Gasteiger partial charge in [-0.25, -0.2) is 9.97 Å². The second kappa shape index (κ2) is 5.04. The molecule has 2 unspecified atom stereocenters. The molecule has 2 aromatic rings. The molecule has 20 heavy (non-hydrogen) atoms. The SMILES string of the molecule is C=C(C)[C@H]1CCC(C)C(n2ccc3cnc(C)nc32)C1. The molecule has 3 nitrogen and oxygen atoms in total. The molecule has 0 saturated heterocycles. The fourth-order valence-electron chi connectivity index (χ4n) is 3.42. The average Bonchev–Trinajstić information content (AvgIpc) is 2.82. The van der Waals surface area contributed by atoms with E-state index in [-0.39, 0.29) is 0 Å². The van der Waals surface area contributed by atoms with Crippen LogP contribution in [0.2, 0.25) is 0 Å². The summed E-state index contributed by atoms with van der Waals surface area (Å²) in [5, 5.41) is 1.14. The van der Waals surface area contributed by atoms with Gasteiger partial charge in [0, 0.05) is 23.8 Å². The lowest BCUT2D eigenvalue weighted by Gasteiger charge is -2.35. The van der Waals surface area contributed by atoms with Crippen molar-refractivity contribution in [1.82, 2.24) is 14.5 Å². The molecular formula is C17H23N3. The van der Waals surface area contributed by atoms with Gasteiger partial charge in [0.2, 0.25) is 0 Å². The van der Waals surface area contributed by atoms with Gasteiger partial charge in [-0.3, -0.25) is 0 Å². The second-order valence-corrected chi connectivity index (χ2v) is 6.32. The minimum absolute atomic E-state index is 0.525. The Morgan fingerprint density at radius 2 is 2.20 bits per heavy atom. The lowest BCUT2D eigenvalue weighted by Crippen LogP contribution is -2.26. The summed E-state index contributed by atoms with van der Waals surface area (Å²) < 4.78 is 2.36. The number of hydrogen-bond acceptors (Lipinski definition) is 2. The third-order valence-electron chi connectivity index (χ3n) is 4.78. The van der Waals surface area contributed by atoms with Crippen molar-refractivity contribution in [2.24, 2.45) is 11.8 Å². The molecule has 2 heterocycles. The van der Waals surface area contributed by atoms with Crippen molar-refractivity contribution in [3.63, 3.8) is 0 Å². The van der Waals surface area contributed by atoms with Crippen molar-refractivity contribution in [1.29, 1.82) is 0 Å². The molecule has 2 aromatic heterocycles. The fraction of sp³-hybridized carbons (Fsp3) is 0.529. The maximum absolute atomic E-state index is 4.64. The quantitative estimate of drug-likeness (QED) is 0.761. The Kier molecular flexibility index (Phi) is 3.36. The first-order valence-electron chi connectivity index (χ1n) is 7.52. The number of allylic oxidation sites excluding steroid dienone is 1. The van der Waals surface area contributed by atoms with Gasteiger partial charge < -0.3 is 4.57 Å². The summed E-state index contributed by atoms with van der Waals surface area (Å²) in [7, 11) is 0. The average molecular weight is 269 g/mol. The lowest BCUT2D eigenvalue weighted by atomic mass is 9.76. The summed E-state index contributed by atoms with van der Waals surface area (Å²) in [6, 6.07) is 2.66. The van der Waals surface area contributed by atoms with Crippen LogP contribution in [-0.4, -0.2) is 14.5 Å². The third-order valence-corrected chi connectivity index (χ3v) is 4.78. The first kappa shape index (κ1) is 13.3. The highest BCUT2D eigenvalue weighted by molar-refractivity contribution is 5.75. The van der Waals surface area contributed by atoms with E-state index in [4.69, 9.17) is 0 Å². The first-order valence-corrected chi connectivity index (χ1v) is 7.52. The van der Waals surface area contributed by atoms with Crippen LogP contribution in [0.4, 0.5) is 0 Å².